The van der Waals surface area contributed by atoms with Gasteiger partial charge in [-0.25, -0.2) is 9.78 Å². The molecule has 13 nitrogen and oxygen atoms in total. The number of thiazole rings is 1. The number of aliphatic carboxylic acids is 1. The summed E-state index contributed by atoms with van der Waals surface area (Å²) >= 11 is 6.37. The summed E-state index contributed by atoms with van der Waals surface area (Å²) < 4.78 is 4.73. The number of amides is 2. The Hall–Kier alpha value is -2.38. The number of rotatable bonds is 10. The van der Waals surface area contributed by atoms with Gasteiger partial charge < -0.3 is 27.1 Å². The third-order valence-electron chi connectivity index (χ3n) is 4.74. The van der Waals surface area contributed by atoms with Crippen molar-refractivity contribution in [3.05, 3.63) is 27.4 Å². The number of nitrogens with one attached hydrogen (secondary N) is 1. The van der Waals surface area contributed by atoms with Crippen molar-refractivity contribution in [1.82, 2.24) is 24.8 Å². The third-order valence-corrected chi connectivity index (χ3v) is 9.92. The lowest BCUT2D eigenvalue weighted by atomic mass is 10.0. The van der Waals surface area contributed by atoms with Crippen LogP contribution in [0.1, 0.15) is 11.4 Å². The van der Waals surface area contributed by atoms with E-state index in [2.05, 4.69) is 25.0 Å². The number of nitrogen functional groups attached to an aromatic ring is 1. The van der Waals surface area contributed by atoms with Gasteiger partial charge in [-0.05, 0) is 11.5 Å². The average Bonchev–Trinajstić information content (AvgIpc) is 3.46. The minimum absolute atomic E-state index is 0.0656. The number of anilines is 1. The number of fused-ring (bicyclic) bond motifs is 1. The predicted molar refractivity (Wildman–Crippen MR) is 136 cm³/mol. The second-order valence-electron chi connectivity index (χ2n) is 6.91. The number of nitrogens with zero attached hydrogens (tertiary/aromatic N) is 5. The van der Waals surface area contributed by atoms with E-state index in [0.717, 1.165) is 43.4 Å². The van der Waals surface area contributed by atoms with Crippen LogP contribution in [0.15, 0.2) is 25.3 Å². The topological polar surface area (TPSA) is 210 Å². The van der Waals surface area contributed by atoms with Crippen molar-refractivity contribution < 1.29 is 24.7 Å². The van der Waals surface area contributed by atoms with Gasteiger partial charge in [0.05, 0.1) is 5.69 Å². The number of carbonyl (C=O) groups excluding carboxylic acids is 2. The van der Waals surface area contributed by atoms with E-state index in [4.69, 9.17) is 11.5 Å². The summed E-state index contributed by atoms with van der Waals surface area (Å²) in [4.78, 5) is 43.2. The third kappa shape index (κ3) is 5.26. The largest absolute Gasteiger partial charge is 0.477 e. The molecule has 2 aromatic heterocycles. The molecular formula is C17H18N8O5S5. The monoisotopic (exact) mass is 574 g/mol. The Morgan fingerprint density at radius 1 is 1.40 bits per heavy atom. The zero-order valence-corrected chi connectivity index (χ0v) is 21.7. The first-order valence-corrected chi connectivity index (χ1v) is 14.4. The van der Waals surface area contributed by atoms with Crippen molar-refractivity contribution in [1.29, 1.82) is 0 Å². The fraction of sp³-hybridized carbons (Fsp3) is 0.353. The van der Waals surface area contributed by atoms with Gasteiger partial charge in [0.15, 0.2) is 10.8 Å². The second-order valence-corrected chi connectivity index (χ2v) is 12.1. The molecule has 0 unspecified atom stereocenters. The number of hydrogen-bond acceptors (Lipinski definition) is 15. The number of β-lactam (4-membered cyclic amide) rings is 1. The number of thioether (sulfide) groups is 3. The number of carboxylic acids is 1. The summed E-state index contributed by atoms with van der Waals surface area (Å²) in [6.45, 7) is 0.537. The Balaban J connectivity index is 1.49. The Morgan fingerprint density at radius 2 is 2.20 bits per heavy atom. The second kappa shape index (κ2) is 11.1. The van der Waals surface area contributed by atoms with E-state index in [-0.39, 0.29) is 16.5 Å². The molecule has 4 heterocycles. The van der Waals surface area contributed by atoms with Crippen LogP contribution in [0, 0.1) is 0 Å². The van der Waals surface area contributed by atoms with Gasteiger partial charge in [0, 0.05) is 34.1 Å². The molecule has 0 aromatic carbocycles. The first kappa shape index (κ1) is 25.7. The van der Waals surface area contributed by atoms with Crippen LogP contribution in [0.25, 0.3) is 0 Å². The SMILES string of the molecule is NCCSCc1nnsc1SC1=C(C(=O)O)N2C(=O)[C@@H](NC(=O)/C(=N\O)c3csc(N)n3)[C@H]2SC1. The molecule has 2 aliphatic rings. The van der Waals surface area contributed by atoms with Crippen molar-refractivity contribution in [3.8, 4) is 0 Å². The molecule has 1 saturated heterocycles. The highest BCUT2D eigenvalue weighted by molar-refractivity contribution is 8.07. The predicted octanol–water partition coefficient (Wildman–Crippen LogP) is 0.435. The van der Waals surface area contributed by atoms with Crippen molar-refractivity contribution in [3.63, 3.8) is 0 Å². The van der Waals surface area contributed by atoms with Crippen molar-refractivity contribution in [2.24, 2.45) is 10.9 Å². The first-order valence-electron chi connectivity index (χ1n) is 9.78. The summed E-state index contributed by atoms with van der Waals surface area (Å²) in [6, 6.07) is -0.991. The maximum absolute atomic E-state index is 12.9. The van der Waals surface area contributed by atoms with Gasteiger partial charge >= 0.3 is 5.97 Å². The van der Waals surface area contributed by atoms with Crippen LogP contribution in [0.4, 0.5) is 5.13 Å². The summed E-state index contributed by atoms with van der Waals surface area (Å²) in [7, 11) is 0. The van der Waals surface area contributed by atoms with Crippen molar-refractivity contribution >= 4 is 86.8 Å². The van der Waals surface area contributed by atoms with E-state index >= 15 is 0 Å². The summed E-state index contributed by atoms with van der Waals surface area (Å²) in [5.41, 5.74) is 11.4. The number of carboxylic acid groups (broad SMARTS) is 1. The van der Waals surface area contributed by atoms with Crippen LogP contribution < -0.4 is 16.8 Å². The van der Waals surface area contributed by atoms with Crippen molar-refractivity contribution in [2.75, 3.05) is 23.8 Å². The Bertz CT molecular complexity index is 1210. The normalized spacial score (nSPS) is 20.0. The number of aromatic nitrogens is 3. The Labute approximate surface area is 218 Å². The maximum atomic E-state index is 12.9. The minimum atomic E-state index is -1.25. The molecule has 0 radical (unpaired) electrons. The Morgan fingerprint density at radius 3 is 2.86 bits per heavy atom. The smallest absolute Gasteiger partial charge is 0.353 e. The quantitative estimate of drug-likeness (QED) is 0.0858. The highest BCUT2D eigenvalue weighted by atomic mass is 32.2. The van der Waals surface area contributed by atoms with Gasteiger partial charge in [-0.2, -0.15) is 11.8 Å². The van der Waals surface area contributed by atoms with Gasteiger partial charge in [0.25, 0.3) is 11.8 Å². The molecule has 4 rings (SSSR count). The first-order chi connectivity index (χ1) is 16.8. The summed E-state index contributed by atoms with van der Waals surface area (Å²) in [5.74, 6) is -0.990. The minimum Gasteiger partial charge on any atom is -0.477 e. The molecular weight excluding hydrogens is 557 g/mol. The highest BCUT2D eigenvalue weighted by Gasteiger charge is 2.54. The standard InChI is InChI=1S/C17H18N8O5S5/c18-1-2-31-3-7-16(35-24-22-7)34-8-5-32-14-10(13(27)25(14)11(8)15(28)29)21-12(26)9(23-30)6-4-33-17(19)20-6/h4,10,14,30H,1-3,5,18H2,(H2,19,20)(H,21,26)(H,28,29)/b23-9-/t10-,14-/m1/s1. The molecule has 7 N–H and O–H groups in total. The lowest BCUT2D eigenvalue weighted by Gasteiger charge is -2.49. The fourth-order valence-electron chi connectivity index (χ4n) is 3.22. The van der Waals surface area contributed by atoms with E-state index in [0.29, 0.717) is 23.0 Å². The number of nitrogens with two attached hydrogens (primary N) is 2. The molecule has 2 aromatic rings. The van der Waals surface area contributed by atoms with Crippen molar-refractivity contribution in [2.45, 2.75) is 21.4 Å². The molecule has 1 fully saturated rings. The molecule has 2 amide bonds. The van der Waals surface area contributed by atoms with E-state index < -0.39 is 34.9 Å². The van der Waals surface area contributed by atoms with Crippen LogP contribution in [-0.2, 0) is 20.1 Å². The number of hydrogen-bond donors (Lipinski definition) is 5. The zero-order chi connectivity index (χ0) is 25.1. The number of oxime groups is 1. The van der Waals surface area contributed by atoms with E-state index in [9.17, 15) is 24.7 Å². The molecule has 186 valence electrons. The van der Waals surface area contributed by atoms with Crippen LogP contribution in [-0.4, -0.2) is 82.7 Å². The number of carbonyl (C=O) groups is 3. The lowest BCUT2D eigenvalue weighted by Crippen LogP contribution is -2.71. The van der Waals surface area contributed by atoms with Crippen LogP contribution in [0.2, 0.25) is 0 Å². The van der Waals surface area contributed by atoms with Crippen LogP contribution in [0.3, 0.4) is 0 Å². The van der Waals surface area contributed by atoms with Gasteiger partial charge in [-0.1, -0.05) is 21.4 Å². The van der Waals surface area contributed by atoms with Gasteiger partial charge in [-0.3, -0.25) is 14.5 Å². The molecule has 0 saturated carbocycles. The summed E-state index contributed by atoms with van der Waals surface area (Å²) in [5, 5.41) is 29.8. The van der Waals surface area contributed by atoms with E-state index in [1.165, 1.54) is 28.9 Å². The molecule has 0 bridgehead atoms. The summed E-state index contributed by atoms with van der Waals surface area (Å²) in [6.07, 6.45) is 0. The fourth-order valence-corrected chi connectivity index (χ4v) is 8.01. The molecule has 0 spiro atoms. The molecule has 2 atom stereocenters. The zero-order valence-electron chi connectivity index (χ0n) is 17.6. The molecule has 2 aliphatic heterocycles. The van der Waals surface area contributed by atoms with Crippen LogP contribution in [0.5, 0.6) is 0 Å². The highest BCUT2D eigenvalue weighted by Crippen LogP contribution is 2.46. The molecule has 0 aliphatic carbocycles. The van der Waals surface area contributed by atoms with E-state index in [1.807, 2.05) is 0 Å². The van der Waals surface area contributed by atoms with Gasteiger partial charge in [-0.15, -0.1) is 28.2 Å². The maximum Gasteiger partial charge on any atom is 0.353 e. The average molecular weight is 575 g/mol. The van der Waals surface area contributed by atoms with E-state index in [1.54, 1.807) is 11.8 Å². The molecule has 18 heteroatoms. The van der Waals surface area contributed by atoms with Crippen LogP contribution >= 0.6 is 58.2 Å². The molecule has 35 heavy (non-hydrogen) atoms. The lowest BCUT2D eigenvalue weighted by molar-refractivity contribution is -0.150. The van der Waals surface area contributed by atoms with Gasteiger partial charge in [0.1, 0.15) is 27.0 Å². The Kier molecular flexibility index (Phi) is 8.17. The van der Waals surface area contributed by atoms with Gasteiger partial charge in [0.2, 0.25) is 0 Å².